The Morgan fingerprint density at radius 3 is 2.69 bits per heavy atom. The summed E-state index contributed by atoms with van der Waals surface area (Å²) >= 11 is 0. The summed E-state index contributed by atoms with van der Waals surface area (Å²) in [6.07, 6.45) is 2.48. The van der Waals surface area contributed by atoms with E-state index >= 15 is 0 Å². The number of urea groups is 1. The van der Waals surface area contributed by atoms with Crippen molar-refractivity contribution in [3.63, 3.8) is 0 Å². The number of rotatable bonds is 5. The molecule has 1 atom stereocenters. The molecule has 0 aromatic carbocycles. The molecule has 1 aliphatic rings. The third-order valence-corrected chi connectivity index (χ3v) is 4.94. The van der Waals surface area contributed by atoms with Gasteiger partial charge in [0.05, 0.1) is 29.7 Å². The number of carbonyl (C=O) groups excluding carboxylic acids is 1. The lowest BCUT2D eigenvalue weighted by Gasteiger charge is -2.19. The molecule has 0 spiro atoms. The van der Waals surface area contributed by atoms with Gasteiger partial charge in [0.2, 0.25) is 0 Å². The maximum absolute atomic E-state index is 12.6. The average molecular weight is 358 g/mol. The zero-order valence-corrected chi connectivity index (χ0v) is 16.6. The number of aromatic nitrogens is 4. The third kappa shape index (κ3) is 4.08. The van der Waals surface area contributed by atoms with Gasteiger partial charge in [0.25, 0.3) is 0 Å². The highest BCUT2D eigenvalue weighted by molar-refractivity contribution is 5.88. The lowest BCUT2D eigenvalue weighted by molar-refractivity contribution is 0.220. The number of nitrogens with zero attached hydrogens (tertiary/aromatic N) is 4. The number of hydrogen-bond acceptors (Lipinski definition) is 3. The van der Waals surface area contributed by atoms with Gasteiger partial charge >= 0.3 is 6.03 Å². The number of H-pyrrole nitrogens is 1. The van der Waals surface area contributed by atoms with E-state index in [-0.39, 0.29) is 11.4 Å². The van der Waals surface area contributed by atoms with Gasteiger partial charge in [-0.05, 0) is 38.7 Å². The van der Waals surface area contributed by atoms with Crippen molar-refractivity contribution >= 4 is 11.8 Å². The summed E-state index contributed by atoms with van der Waals surface area (Å²) in [6, 6.07) is 4.11. The number of amides is 2. The molecule has 2 aromatic heterocycles. The minimum Gasteiger partial charge on any atom is -0.322 e. The van der Waals surface area contributed by atoms with E-state index in [1.165, 1.54) is 12.8 Å². The van der Waals surface area contributed by atoms with Crippen molar-refractivity contribution in [1.29, 1.82) is 0 Å². The van der Waals surface area contributed by atoms with Crippen LogP contribution in [-0.2, 0) is 12.0 Å². The quantitative estimate of drug-likeness (QED) is 0.852. The van der Waals surface area contributed by atoms with Gasteiger partial charge < -0.3 is 4.90 Å². The Kier molecular flexibility index (Phi) is 4.82. The van der Waals surface area contributed by atoms with Crippen LogP contribution >= 0.6 is 0 Å². The first-order valence-electron chi connectivity index (χ1n) is 9.28. The minimum atomic E-state index is -0.152. The van der Waals surface area contributed by atoms with Crippen molar-refractivity contribution < 1.29 is 4.79 Å². The van der Waals surface area contributed by atoms with E-state index in [9.17, 15) is 4.79 Å². The average Bonchev–Trinajstić information content (AvgIpc) is 3.18. The van der Waals surface area contributed by atoms with Gasteiger partial charge in [-0.15, -0.1) is 0 Å². The first-order chi connectivity index (χ1) is 12.1. The molecule has 7 heteroatoms. The van der Waals surface area contributed by atoms with Crippen LogP contribution in [0.1, 0.15) is 63.7 Å². The van der Waals surface area contributed by atoms with Crippen molar-refractivity contribution in [2.45, 2.75) is 65.5 Å². The molecule has 26 heavy (non-hydrogen) atoms. The van der Waals surface area contributed by atoms with Crippen LogP contribution in [0.3, 0.4) is 0 Å². The Morgan fingerprint density at radius 2 is 2.12 bits per heavy atom. The lowest BCUT2D eigenvalue weighted by Crippen LogP contribution is -2.32. The zero-order chi connectivity index (χ0) is 19.1. The maximum Gasteiger partial charge on any atom is 0.323 e. The topological polar surface area (TPSA) is 78.8 Å². The predicted octanol–water partition coefficient (Wildman–Crippen LogP) is 3.85. The van der Waals surface area contributed by atoms with Crippen molar-refractivity contribution in [2.24, 2.45) is 5.92 Å². The van der Waals surface area contributed by atoms with Crippen LogP contribution in [0.5, 0.6) is 0 Å². The summed E-state index contributed by atoms with van der Waals surface area (Å²) in [5.74, 6) is 1.43. The molecule has 1 fully saturated rings. The fraction of sp³-hybridized carbons (Fsp3) is 0.632. The van der Waals surface area contributed by atoms with Gasteiger partial charge in [0.15, 0.2) is 0 Å². The summed E-state index contributed by atoms with van der Waals surface area (Å²) < 4.78 is 1.95. The Balaban J connectivity index is 1.65. The predicted molar refractivity (Wildman–Crippen MR) is 102 cm³/mol. The second kappa shape index (κ2) is 6.78. The van der Waals surface area contributed by atoms with E-state index in [0.717, 1.165) is 22.9 Å². The molecule has 2 aromatic rings. The van der Waals surface area contributed by atoms with E-state index in [4.69, 9.17) is 0 Å². The van der Waals surface area contributed by atoms with E-state index in [1.54, 1.807) is 11.9 Å². The van der Waals surface area contributed by atoms with Gasteiger partial charge in [0, 0.05) is 18.5 Å². The van der Waals surface area contributed by atoms with Crippen LogP contribution < -0.4 is 5.32 Å². The Bertz CT molecular complexity index is 780. The Labute approximate surface area is 155 Å². The monoisotopic (exact) mass is 358 g/mol. The Morgan fingerprint density at radius 1 is 1.42 bits per heavy atom. The highest BCUT2D eigenvalue weighted by Gasteiger charge is 2.31. The van der Waals surface area contributed by atoms with Crippen LogP contribution in [0.25, 0.3) is 0 Å². The van der Waals surface area contributed by atoms with Gasteiger partial charge in [-0.2, -0.15) is 10.2 Å². The summed E-state index contributed by atoms with van der Waals surface area (Å²) in [6.45, 7) is 11.0. The van der Waals surface area contributed by atoms with Crippen LogP contribution in [0.15, 0.2) is 12.1 Å². The van der Waals surface area contributed by atoms with E-state index < -0.39 is 0 Å². The molecule has 0 bridgehead atoms. The molecule has 0 unspecified atom stereocenters. The van der Waals surface area contributed by atoms with E-state index in [1.807, 2.05) is 23.7 Å². The molecule has 0 radical (unpaired) electrons. The number of aromatic amines is 1. The lowest BCUT2D eigenvalue weighted by atomic mass is 9.92. The van der Waals surface area contributed by atoms with Crippen LogP contribution in [-0.4, -0.2) is 38.0 Å². The summed E-state index contributed by atoms with van der Waals surface area (Å²) in [5, 5.41) is 15.0. The molecule has 1 saturated carbocycles. The number of anilines is 1. The molecule has 0 aliphatic heterocycles. The second-order valence-electron chi connectivity index (χ2n) is 8.51. The first-order valence-corrected chi connectivity index (χ1v) is 9.28. The molecule has 2 amide bonds. The van der Waals surface area contributed by atoms with Gasteiger partial charge in [0.1, 0.15) is 5.82 Å². The SMILES string of the molecule is Cc1cc(NC(=O)N(C)Cc2cc(C(C)(C)C)n[nH]2)n([C@H](C)C2CC2)n1. The smallest absolute Gasteiger partial charge is 0.322 e. The van der Waals surface area contributed by atoms with Gasteiger partial charge in [-0.25, -0.2) is 9.48 Å². The highest BCUT2D eigenvalue weighted by atomic mass is 16.2. The number of aryl methyl sites for hydroxylation is 1. The highest BCUT2D eigenvalue weighted by Crippen LogP contribution is 2.40. The Hall–Kier alpha value is -2.31. The van der Waals surface area contributed by atoms with Crippen LogP contribution in [0, 0.1) is 12.8 Å². The fourth-order valence-corrected chi connectivity index (χ4v) is 3.06. The fourth-order valence-electron chi connectivity index (χ4n) is 3.06. The molecule has 2 N–H and O–H groups in total. The first kappa shape index (κ1) is 18.5. The normalized spacial score (nSPS) is 15.8. The molecule has 2 heterocycles. The van der Waals surface area contributed by atoms with Crippen LogP contribution in [0.2, 0.25) is 0 Å². The maximum atomic E-state index is 12.6. The molecule has 7 nitrogen and oxygen atoms in total. The van der Waals surface area contributed by atoms with E-state index in [0.29, 0.717) is 18.5 Å². The summed E-state index contributed by atoms with van der Waals surface area (Å²) in [7, 11) is 1.78. The van der Waals surface area contributed by atoms with Crippen molar-refractivity contribution in [1.82, 2.24) is 24.9 Å². The number of nitrogens with one attached hydrogen (secondary N) is 2. The van der Waals surface area contributed by atoms with Crippen molar-refractivity contribution in [2.75, 3.05) is 12.4 Å². The molecular weight excluding hydrogens is 328 g/mol. The molecule has 1 aliphatic carbocycles. The summed E-state index contributed by atoms with van der Waals surface area (Å²) in [4.78, 5) is 14.3. The third-order valence-electron chi connectivity index (χ3n) is 4.94. The van der Waals surface area contributed by atoms with Crippen molar-refractivity contribution in [3.8, 4) is 0 Å². The van der Waals surface area contributed by atoms with Gasteiger partial charge in [-0.3, -0.25) is 10.4 Å². The summed E-state index contributed by atoms with van der Waals surface area (Å²) in [5.41, 5.74) is 2.81. The van der Waals surface area contributed by atoms with Crippen LogP contribution in [0.4, 0.5) is 10.6 Å². The van der Waals surface area contributed by atoms with Crippen molar-refractivity contribution in [3.05, 3.63) is 29.2 Å². The molecule has 0 saturated heterocycles. The number of hydrogen-bond donors (Lipinski definition) is 2. The minimum absolute atomic E-state index is 0.0153. The van der Waals surface area contributed by atoms with Gasteiger partial charge in [-0.1, -0.05) is 20.8 Å². The second-order valence-corrected chi connectivity index (χ2v) is 8.51. The molecule has 142 valence electrons. The molecular formula is C19H30N6O. The number of carbonyl (C=O) groups is 1. The largest absolute Gasteiger partial charge is 0.323 e. The van der Waals surface area contributed by atoms with E-state index in [2.05, 4.69) is 48.3 Å². The standard InChI is InChI=1S/C19H30N6O/c1-12-9-17(25(23-12)13(2)14-7-8-14)20-18(26)24(6)11-15-10-16(22-21-15)19(3,4)5/h9-10,13-14H,7-8,11H2,1-6H3,(H,20,26)(H,21,22)/t13-/m1/s1. The molecule has 3 rings (SSSR count). The zero-order valence-electron chi connectivity index (χ0n) is 16.6.